The molecule has 0 atom stereocenters. The largest absolute Gasteiger partial charge is 0.462 e. The van der Waals surface area contributed by atoms with E-state index < -0.39 is 0 Å². The van der Waals surface area contributed by atoms with Crippen molar-refractivity contribution in [3.63, 3.8) is 0 Å². The summed E-state index contributed by atoms with van der Waals surface area (Å²) in [6.07, 6.45) is 8.35. The number of carbonyl (C=O) groups excluding carboxylic acids is 1. The molecule has 0 bridgehead atoms. The van der Waals surface area contributed by atoms with Gasteiger partial charge in [0.2, 0.25) is 0 Å². The zero-order chi connectivity index (χ0) is 13.5. The van der Waals surface area contributed by atoms with E-state index in [0.29, 0.717) is 6.42 Å². The third kappa shape index (κ3) is 4.93. The summed E-state index contributed by atoms with van der Waals surface area (Å²) >= 11 is 0. The minimum Gasteiger partial charge on any atom is -0.462 e. The molecule has 0 heterocycles. The minimum atomic E-state index is -0.0660. The zero-order valence-electron chi connectivity index (χ0n) is 11.4. The van der Waals surface area contributed by atoms with Crippen molar-refractivity contribution in [1.29, 1.82) is 0 Å². The van der Waals surface area contributed by atoms with Crippen molar-refractivity contribution in [1.82, 2.24) is 0 Å². The Morgan fingerprint density at radius 3 is 2.37 bits per heavy atom. The Morgan fingerprint density at radius 2 is 1.74 bits per heavy atom. The van der Waals surface area contributed by atoms with Crippen LogP contribution in [-0.4, -0.2) is 12.1 Å². The molecule has 2 rings (SSSR count). The number of esters is 1. The van der Waals surface area contributed by atoms with Gasteiger partial charge in [0.05, 0.1) is 0 Å². The molecule has 3 heteroatoms. The minimum absolute atomic E-state index is 0.0660. The third-order valence-corrected chi connectivity index (χ3v) is 3.70. The van der Waals surface area contributed by atoms with Crippen molar-refractivity contribution >= 4 is 11.7 Å². The van der Waals surface area contributed by atoms with Crippen LogP contribution in [-0.2, 0) is 16.0 Å². The molecular formula is C16H23NO2. The molecule has 0 unspecified atom stereocenters. The van der Waals surface area contributed by atoms with E-state index in [9.17, 15) is 4.79 Å². The summed E-state index contributed by atoms with van der Waals surface area (Å²) in [7, 11) is 0. The van der Waals surface area contributed by atoms with Crippen LogP contribution in [0.25, 0.3) is 0 Å². The van der Waals surface area contributed by atoms with E-state index >= 15 is 0 Å². The first kappa shape index (κ1) is 13.9. The maximum atomic E-state index is 11.8. The number of carbonyl (C=O) groups is 1. The third-order valence-electron chi connectivity index (χ3n) is 3.70. The second kappa shape index (κ2) is 7.17. The fourth-order valence-corrected chi connectivity index (χ4v) is 2.54. The van der Waals surface area contributed by atoms with Crippen LogP contribution < -0.4 is 5.73 Å². The summed E-state index contributed by atoms with van der Waals surface area (Å²) in [6, 6.07) is 7.67. The van der Waals surface area contributed by atoms with Gasteiger partial charge in [-0.05, 0) is 49.8 Å². The summed E-state index contributed by atoms with van der Waals surface area (Å²) in [5.74, 6) is -0.0660. The Hall–Kier alpha value is -1.51. The molecule has 0 radical (unpaired) electrons. The van der Waals surface area contributed by atoms with Crippen molar-refractivity contribution in [3.05, 3.63) is 29.8 Å². The molecule has 1 aliphatic rings. The number of hydrogen-bond donors (Lipinski definition) is 1. The normalized spacial score (nSPS) is 16.8. The molecule has 104 valence electrons. The predicted octanol–water partition coefficient (Wildman–Crippen LogP) is 3.47. The van der Waals surface area contributed by atoms with Gasteiger partial charge in [0.25, 0.3) is 0 Å². The first-order valence-electron chi connectivity index (χ1n) is 7.28. The van der Waals surface area contributed by atoms with E-state index in [0.717, 1.165) is 30.5 Å². The van der Waals surface area contributed by atoms with Gasteiger partial charge in [-0.2, -0.15) is 0 Å². The molecule has 0 aromatic heterocycles. The molecule has 1 saturated carbocycles. The van der Waals surface area contributed by atoms with Gasteiger partial charge in [-0.25, -0.2) is 0 Å². The standard InChI is InChI=1S/C16H23NO2/c17-14-10-7-13(8-11-14)9-12-16(18)19-15-5-3-1-2-4-6-15/h7-8,10-11,15H,1-6,9,12,17H2. The highest BCUT2D eigenvalue weighted by Gasteiger charge is 2.16. The predicted molar refractivity (Wildman–Crippen MR) is 76.8 cm³/mol. The summed E-state index contributed by atoms with van der Waals surface area (Å²) in [6.45, 7) is 0. The number of ether oxygens (including phenoxy) is 1. The highest BCUT2D eigenvalue weighted by Crippen LogP contribution is 2.20. The Bertz CT molecular complexity index is 392. The quantitative estimate of drug-likeness (QED) is 0.513. The summed E-state index contributed by atoms with van der Waals surface area (Å²) < 4.78 is 5.55. The van der Waals surface area contributed by atoms with E-state index in [-0.39, 0.29) is 12.1 Å². The fraction of sp³-hybridized carbons (Fsp3) is 0.562. The number of rotatable bonds is 4. The molecule has 1 aliphatic carbocycles. The summed E-state index contributed by atoms with van der Waals surface area (Å²) in [4.78, 5) is 11.8. The lowest BCUT2D eigenvalue weighted by atomic mass is 10.1. The van der Waals surface area contributed by atoms with Gasteiger partial charge in [-0.3, -0.25) is 4.79 Å². The highest BCUT2D eigenvalue weighted by molar-refractivity contribution is 5.70. The average molecular weight is 261 g/mol. The second-order valence-corrected chi connectivity index (χ2v) is 5.35. The van der Waals surface area contributed by atoms with Gasteiger partial charge < -0.3 is 10.5 Å². The van der Waals surface area contributed by atoms with Crippen LogP contribution in [0.4, 0.5) is 5.69 Å². The van der Waals surface area contributed by atoms with Crippen molar-refractivity contribution in [2.24, 2.45) is 0 Å². The van der Waals surface area contributed by atoms with E-state index in [1.54, 1.807) is 0 Å². The molecule has 1 aromatic rings. The smallest absolute Gasteiger partial charge is 0.306 e. The topological polar surface area (TPSA) is 52.3 Å². The molecule has 0 spiro atoms. The molecule has 0 amide bonds. The molecule has 2 N–H and O–H groups in total. The SMILES string of the molecule is Nc1ccc(CCC(=O)OC2CCCCCC2)cc1. The Morgan fingerprint density at radius 1 is 1.11 bits per heavy atom. The number of aryl methyl sites for hydroxylation is 1. The fourth-order valence-electron chi connectivity index (χ4n) is 2.54. The summed E-state index contributed by atoms with van der Waals surface area (Å²) in [5, 5.41) is 0. The van der Waals surface area contributed by atoms with Crippen molar-refractivity contribution in [3.8, 4) is 0 Å². The molecule has 1 aromatic carbocycles. The van der Waals surface area contributed by atoms with Crippen LogP contribution in [0.2, 0.25) is 0 Å². The van der Waals surface area contributed by atoms with Gasteiger partial charge >= 0.3 is 5.97 Å². The Labute approximate surface area is 115 Å². The number of nitrogen functional groups attached to an aromatic ring is 1. The van der Waals surface area contributed by atoms with Gasteiger partial charge in [0.15, 0.2) is 0 Å². The number of hydrogen-bond acceptors (Lipinski definition) is 3. The van der Waals surface area contributed by atoms with Gasteiger partial charge in [0, 0.05) is 12.1 Å². The van der Waals surface area contributed by atoms with Crippen molar-refractivity contribution in [2.45, 2.75) is 57.5 Å². The van der Waals surface area contributed by atoms with Crippen molar-refractivity contribution in [2.75, 3.05) is 5.73 Å². The van der Waals surface area contributed by atoms with Crippen molar-refractivity contribution < 1.29 is 9.53 Å². The van der Waals surface area contributed by atoms with Gasteiger partial charge in [-0.1, -0.05) is 25.0 Å². The van der Waals surface area contributed by atoms with Gasteiger partial charge in [-0.15, -0.1) is 0 Å². The molecule has 0 aliphatic heterocycles. The lowest BCUT2D eigenvalue weighted by molar-refractivity contribution is -0.149. The monoisotopic (exact) mass is 261 g/mol. The van der Waals surface area contributed by atoms with Crippen LogP contribution >= 0.6 is 0 Å². The lowest BCUT2D eigenvalue weighted by Crippen LogP contribution is -2.17. The van der Waals surface area contributed by atoms with Crippen LogP contribution in [0.1, 0.15) is 50.5 Å². The van der Waals surface area contributed by atoms with Crippen LogP contribution in [0.5, 0.6) is 0 Å². The second-order valence-electron chi connectivity index (χ2n) is 5.35. The van der Waals surface area contributed by atoms with E-state index in [1.165, 1.54) is 25.7 Å². The van der Waals surface area contributed by atoms with E-state index in [1.807, 2.05) is 24.3 Å². The van der Waals surface area contributed by atoms with E-state index in [2.05, 4.69) is 0 Å². The Balaban J connectivity index is 1.73. The molecule has 3 nitrogen and oxygen atoms in total. The number of benzene rings is 1. The lowest BCUT2D eigenvalue weighted by Gasteiger charge is -2.15. The Kier molecular flexibility index (Phi) is 5.25. The summed E-state index contributed by atoms with van der Waals surface area (Å²) in [5.41, 5.74) is 7.52. The first-order chi connectivity index (χ1) is 9.24. The maximum Gasteiger partial charge on any atom is 0.306 e. The molecule has 0 saturated heterocycles. The molecule has 19 heavy (non-hydrogen) atoms. The average Bonchev–Trinajstić information content (AvgIpc) is 2.67. The number of anilines is 1. The maximum absolute atomic E-state index is 11.8. The van der Waals surface area contributed by atoms with Crippen LogP contribution in [0.3, 0.4) is 0 Å². The molecular weight excluding hydrogens is 238 g/mol. The first-order valence-corrected chi connectivity index (χ1v) is 7.28. The molecule has 1 fully saturated rings. The van der Waals surface area contributed by atoms with Crippen LogP contribution in [0.15, 0.2) is 24.3 Å². The van der Waals surface area contributed by atoms with E-state index in [4.69, 9.17) is 10.5 Å². The zero-order valence-corrected chi connectivity index (χ0v) is 11.4. The highest BCUT2D eigenvalue weighted by atomic mass is 16.5. The van der Waals surface area contributed by atoms with Crippen LogP contribution in [0, 0.1) is 0 Å². The van der Waals surface area contributed by atoms with Gasteiger partial charge in [0.1, 0.15) is 6.10 Å². The number of nitrogens with two attached hydrogens (primary N) is 1.